The van der Waals surface area contributed by atoms with Gasteiger partial charge >= 0.3 is 0 Å². The molecular formula is C10H22O6. The minimum atomic E-state index is -0.474. The Kier molecular flexibility index (Phi) is 9.80. The van der Waals surface area contributed by atoms with Crippen LogP contribution in [0.4, 0.5) is 0 Å². The predicted octanol–water partition coefficient (Wildman–Crippen LogP) is -1.23. The lowest BCUT2D eigenvalue weighted by atomic mass is 10.3. The van der Waals surface area contributed by atoms with Crippen molar-refractivity contribution in [2.45, 2.75) is 25.2 Å². The van der Waals surface area contributed by atoms with E-state index in [1.54, 1.807) is 6.92 Å². The quantitative estimate of drug-likeness (QED) is 0.441. The van der Waals surface area contributed by atoms with Gasteiger partial charge in [0.25, 0.3) is 0 Å². The lowest BCUT2D eigenvalue weighted by Crippen LogP contribution is -2.32. The Morgan fingerprint density at radius 3 is 1.88 bits per heavy atom. The fourth-order valence-corrected chi connectivity index (χ4v) is 0.917. The summed E-state index contributed by atoms with van der Waals surface area (Å²) in [5.74, 6) is 0. The molecule has 0 aromatic carbocycles. The van der Waals surface area contributed by atoms with Crippen molar-refractivity contribution in [1.29, 1.82) is 0 Å². The van der Waals surface area contributed by atoms with Crippen molar-refractivity contribution < 1.29 is 29.5 Å². The zero-order valence-corrected chi connectivity index (χ0v) is 9.83. The van der Waals surface area contributed by atoms with E-state index in [0.29, 0.717) is 0 Å². The molecule has 0 heterocycles. The van der Waals surface area contributed by atoms with Crippen LogP contribution >= 0.6 is 0 Å². The van der Waals surface area contributed by atoms with Gasteiger partial charge in [-0.2, -0.15) is 0 Å². The molecule has 0 rings (SSSR count). The van der Waals surface area contributed by atoms with E-state index in [4.69, 9.17) is 29.5 Å². The molecule has 0 spiro atoms. The number of hydrogen-bond acceptors (Lipinski definition) is 6. The van der Waals surface area contributed by atoms with Gasteiger partial charge in [-0.25, -0.2) is 0 Å². The first-order chi connectivity index (χ1) is 7.67. The summed E-state index contributed by atoms with van der Waals surface area (Å²) in [5, 5.41) is 26.6. The van der Waals surface area contributed by atoms with Crippen LogP contribution in [0.3, 0.4) is 0 Å². The van der Waals surface area contributed by atoms with Crippen molar-refractivity contribution in [3.8, 4) is 0 Å². The van der Waals surface area contributed by atoms with Crippen LogP contribution in [0.2, 0.25) is 0 Å². The van der Waals surface area contributed by atoms with E-state index >= 15 is 0 Å². The maximum absolute atomic E-state index is 9.00. The van der Waals surface area contributed by atoms with Crippen molar-refractivity contribution >= 4 is 0 Å². The lowest BCUT2D eigenvalue weighted by Gasteiger charge is -2.20. The Hall–Kier alpha value is -0.240. The van der Waals surface area contributed by atoms with Crippen LogP contribution in [-0.4, -0.2) is 73.8 Å². The highest BCUT2D eigenvalue weighted by Gasteiger charge is 2.13. The normalized spacial score (nSPS) is 17.1. The van der Waals surface area contributed by atoms with Crippen LogP contribution in [0.1, 0.15) is 6.92 Å². The third-order valence-corrected chi connectivity index (χ3v) is 2.08. The SMILES string of the molecule is COC(CO)COC(CO)COC(C)CO. The van der Waals surface area contributed by atoms with Crippen molar-refractivity contribution in [1.82, 2.24) is 0 Å². The molecule has 0 aliphatic heterocycles. The Bertz CT molecular complexity index is 150. The summed E-state index contributed by atoms with van der Waals surface area (Å²) in [5.41, 5.74) is 0. The summed E-state index contributed by atoms with van der Waals surface area (Å²) >= 11 is 0. The number of aliphatic hydroxyl groups is 3. The highest BCUT2D eigenvalue weighted by Crippen LogP contribution is 1.99. The third kappa shape index (κ3) is 7.10. The monoisotopic (exact) mass is 238 g/mol. The Labute approximate surface area is 95.7 Å². The largest absolute Gasteiger partial charge is 0.394 e. The molecule has 98 valence electrons. The predicted molar refractivity (Wildman–Crippen MR) is 57.2 cm³/mol. The Morgan fingerprint density at radius 2 is 1.44 bits per heavy atom. The number of ether oxygens (including phenoxy) is 3. The molecule has 3 atom stereocenters. The molecular weight excluding hydrogens is 216 g/mol. The highest BCUT2D eigenvalue weighted by atomic mass is 16.6. The van der Waals surface area contributed by atoms with E-state index in [-0.39, 0.29) is 39.1 Å². The van der Waals surface area contributed by atoms with Crippen LogP contribution in [-0.2, 0) is 14.2 Å². The number of hydrogen-bond donors (Lipinski definition) is 3. The first-order valence-electron chi connectivity index (χ1n) is 5.26. The van der Waals surface area contributed by atoms with E-state index in [1.807, 2.05) is 0 Å². The molecule has 0 saturated heterocycles. The number of methoxy groups -OCH3 is 1. The zero-order chi connectivity index (χ0) is 12.4. The van der Waals surface area contributed by atoms with Crippen molar-refractivity contribution in [3.63, 3.8) is 0 Å². The van der Waals surface area contributed by atoms with E-state index in [2.05, 4.69) is 0 Å². The van der Waals surface area contributed by atoms with E-state index < -0.39 is 12.2 Å². The molecule has 6 heteroatoms. The molecule has 16 heavy (non-hydrogen) atoms. The van der Waals surface area contributed by atoms with Crippen LogP contribution in [0.15, 0.2) is 0 Å². The van der Waals surface area contributed by atoms with Gasteiger partial charge in [0.1, 0.15) is 12.2 Å². The topological polar surface area (TPSA) is 88.4 Å². The van der Waals surface area contributed by atoms with Crippen molar-refractivity contribution in [3.05, 3.63) is 0 Å². The molecule has 6 nitrogen and oxygen atoms in total. The van der Waals surface area contributed by atoms with Crippen LogP contribution < -0.4 is 0 Å². The maximum Gasteiger partial charge on any atom is 0.104 e. The Morgan fingerprint density at radius 1 is 0.875 bits per heavy atom. The standard InChI is InChI=1S/C10H22O6/c1-8(3-11)15-7-10(5-13)16-6-9(4-12)14-2/h8-13H,3-7H2,1-2H3. The fourth-order valence-electron chi connectivity index (χ4n) is 0.917. The zero-order valence-electron chi connectivity index (χ0n) is 9.83. The van der Waals surface area contributed by atoms with Gasteiger partial charge in [0.05, 0.1) is 39.1 Å². The van der Waals surface area contributed by atoms with E-state index in [1.165, 1.54) is 7.11 Å². The van der Waals surface area contributed by atoms with Gasteiger partial charge in [-0.05, 0) is 6.92 Å². The van der Waals surface area contributed by atoms with Gasteiger partial charge in [-0.15, -0.1) is 0 Å². The highest BCUT2D eigenvalue weighted by molar-refractivity contribution is 4.59. The molecule has 0 radical (unpaired) electrons. The molecule has 3 N–H and O–H groups in total. The molecule has 0 bridgehead atoms. The van der Waals surface area contributed by atoms with Gasteiger partial charge in [0.2, 0.25) is 0 Å². The average Bonchev–Trinajstić information content (AvgIpc) is 2.33. The fraction of sp³-hybridized carbons (Fsp3) is 1.00. The molecule has 0 aromatic rings. The first-order valence-corrected chi connectivity index (χ1v) is 5.26. The molecule has 0 aromatic heterocycles. The number of aliphatic hydroxyl groups excluding tert-OH is 3. The summed E-state index contributed by atoms with van der Waals surface area (Å²) in [6.45, 7) is 1.72. The minimum absolute atomic E-state index is 0.0739. The molecule has 0 aliphatic carbocycles. The third-order valence-electron chi connectivity index (χ3n) is 2.08. The van der Waals surface area contributed by atoms with E-state index in [9.17, 15) is 0 Å². The summed E-state index contributed by atoms with van der Waals surface area (Å²) in [6, 6.07) is 0. The van der Waals surface area contributed by atoms with Gasteiger partial charge in [-0.1, -0.05) is 0 Å². The summed E-state index contributed by atoms with van der Waals surface area (Å²) in [4.78, 5) is 0. The number of rotatable bonds is 10. The average molecular weight is 238 g/mol. The second kappa shape index (κ2) is 9.95. The molecule has 3 unspecified atom stereocenters. The molecule has 0 amide bonds. The van der Waals surface area contributed by atoms with Crippen molar-refractivity contribution in [2.24, 2.45) is 0 Å². The molecule has 0 saturated carbocycles. The molecule has 0 aliphatic rings. The van der Waals surface area contributed by atoms with Crippen LogP contribution in [0.25, 0.3) is 0 Å². The smallest absolute Gasteiger partial charge is 0.104 e. The van der Waals surface area contributed by atoms with Gasteiger partial charge < -0.3 is 29.5 Å². The van der Waals surface area contributed by atoms with Gasteiger partial charge in [0.15, 0.2) is 0 Å². The first kappa shape index (κ1) is 15.8. The minimum Gasteiger partial charge on any atom is -0.394 e. The maximum atomic E-state index is 9.00. The summed E-state index contributed by atoms with van der Waals surface area (Å²) in [6.07, 6.45) is -1.16. The van der Waals surface area contributed by atoms with Crippen molar-refractivity contribution in [2.75, 3.05) is 40.1 Å². The summed E-state index contributed by atoms with van der Waals surface area (Å²) < 4.78 is 15.4. The van der Waals surface area contributed by atoms with Gasteiger partial charge in [0, 0.05) is 7.11 Å². The van der Waals surface area contributed by atoms with Gasteiger partial charge in [-0.3, -0.25) is 0 Å². The molecule has 0 fully saturated rings. The lowest BCUT2D eigenvalue weighted by molar-refractivity contribution is -0.0988. The Balaban J connectivity index is 3.73. The van der Waals surface area contributed by atoms with Crippen LogP contribution in [0, 0.1) is 0 Å². The van der Waals surface area contributed by atoms with Crippen LogP contribution in [0.5, 0.6) is 0 Å². The second-order valence-electron chi connectivity index (χ2n) is 3.50. The van der Waals surface area contributed by atoms with E-state index in [0.717, 1.165) is 0 Å². The summed E-state index contributed by atoms with van der Waals surface area (Å²) in [7, 11) is 1.47. The second-order valence-corrected chi connectivity index (χ2v) is 3.50.